The van der Waals surface area contributed by atoms with E-state index in [1.807, 2.05) is 24.3 Å². The minimum Gasteiger partial charge on any atom is -0.454 e. The van der Waals surface area contributed by atoms with Crippen molar-refractivity contribution >= 4 is 45.6 Å². The van der Waals surface area contributed by atoms with E-state index < -0.39 is 5.97 Å². The molecule has 0 bridgehead atoms. The number of hydrogen-bond acceptors (Lipinski definition) is 7. The van der Waals surface area contributed by atoms with E-state index in [1.165, 1.54) is 6.92 Å². The molecular weight excluding hydrogens is 444 g/mol. The lowest BCUT2D eigenvalue weighted by molar-refractivity contribution is -0.118. The lowest BCUT2D eigenvalue weighted by Gasteiger charge is -2.09. The van der Waals surface area contributed by atoms with Crippen LogP contribution in [0, 0.1) is 0 Å². The van der Waals surface area contributed by atoms with E-state index >= 15 is 0 Å². The quantitative estimate of drug-likeness (QED) is 0.319. The van der Waals surface area contributed by atoms with Gasteiger partial charge in [-0.05, 0) is 30.0 Å². The standard InChI is InChI=1S/C24H26N2O4S2/c1-17(27)25-12-4-5-18-8-10-19(11-9-18)22(28)15-30-23(29)21-7-3-2-6-20(21)16-32-24-26-13-14-31-24/h2-3,6-11H,4-5,12-16H2,1H3,(H,25,27). The number of nitrogens with zero attached hydrogens (tertiary/aromatic N) is 1. The largest absolute Gasteiger partial charge is 0.454 e. The highest BCUT2D eigenvalue weighted by Gasteiger charge is 2.16. The zero-order chi connectivity index (χ0) is 22.8. The van der Waals surface area contributed by atoms with Gasteiger partial charge in [-0.2, -0.15) is 0 Å². The molecule has 1 heterocycles. The zero-order valence-electron chi connectivity index (χ0n) is 18.0. The monoisotopic (exact) mass is 470 g/mol. The Hall–Kier alpha value is -2.58. The van der Waals surface area contributed by atoms with Gasteiger partial charge in [0.15, 0.2) is 12.4 Å². The van der Waals surface area contributed by atoms with Crippen molar-refractivity contribution in [1.82, 2.24) is 5.32 Å². The number of carbonyl (C=O) groups is 3. The summed E-state index contributed by atoms with van der Waals surface area (Å²) in [6, 6.07) is 14.6. The Balaban J connectivity index is 1.49. The predicted molar refractivity (Wildman–Crippen MR) is 131 cm³/mol. The van der Waals surface area contributed by atoms with Crippen LogP contribution in [0.2, 0.25) is 0 Å². The van der Waals surface area contributed by atoms with Crippen LogP contribution in [-0.4, -0.2) is 47.5 Å². The van der Waals surface area contributed by atoms with E-state index in [9.17, 15) is 14.4 Å². The molecule has 2 aromatic carbocycles. The molecule has 32 heavy (non-hydrogen) atoms. The van der Waals surface area contributed by atoms with Crippen molar-refractivity contribution in [3.63, 3.8) is 0 Å². The molecule has 0 spiro atoms. The molecule has 6 nitrogen and oxygen atoms in total. The topological polar surface area (TPSA) is 84.8 Å². The molecule has 0 saturated carbocycles. The Bertz CT molecular complexity index is 990. The number of esters is 1. The summed E-state index contributed by atoms with van der Waals surface area (Å²) in [5.41, 5.74) is 2.93. The van der Waals surface area contributed by atoms with Crippen molar-refractivity contribution in [2.45, 2.75) is 25.5 Å². The fraction of sp³-hybridized carbons (Fsp3) is 0.333. The normalized spacial score (nSPS) is 12.8. The van der Waals surface area contributed by atoms with E-state index in [0.717, 1.165) is 40.6 Å². The second-order valence-corrected chi connectivity index (χ2v) is 9.53. The molecule has 1 aliphatic rings. The lowest BCUT2D eigenvalue weighted by atomic mass is 10.1. The number of thioether (sulfide) groups is 2. The van der Waals surface area contributed by atoms with Crippen molar-refractivity contribution in [3.8, 4) is 0 Å². The highest BCUT2D eigenvalue weighted by atomic mass is 32.2. The molecule has 0 fully saturated rings. The number of ketones is 1. The molecule has 0 atom stereocenters. The molecule has 0 saturated heterocycles. The molecule has 168 valence electrons. The van der Waals surface area contributed by atoms with Crippen LogP contribution in [0.25, 0.3) is 0 Å². The number of rotatable bonds is 10. The summed E-state index contributed by atoms with van der Waals surface area (Å²) in [6.45, 7) is 2.66. The number of carbonyl (C=O) groups excluding carboxylic acids is 3. The number of amides is 1. The van der Waals surface area contributed by atoms with Crippen LogP contribution in [0.4, 0.5) is 0 Å². The first-order chi connectivity index (χ1) is 15.5. The van der Waals surface area contributed by atoms with Gasteiger partial charge < -0.3 is 10.1 Å². The van der Waals surface area contributed by atoms with Gasteiger partial charge in [0.2, 0.25) is 5.91 Å². The van der Waals surface area contributed by atoms with Crippen molar-refractivity contribution in [1.29, 1.82) is 0 Å². The Morgan fingerprint density at radius 3 is 2.62 bits per heavy atom. The summed E-state index contributed by atoms with van der Waals surface area (Å²) in [5.74, 6) is 0.863. The lowest BCUT2D eigenvalue weighted by Crippen LogP contribution is -2.21. The Morgan fingerprint density at radius 2 is 1.91 bits per heavy atom. The van der Waals surface area contributed by atoms with Gasteiger partial charge in [-0.15, -0.1) is 0 Å². The van der Waals surface area contributed by atoms with Gasteiger partial charge in [-0.1, -0.05) is 66.0 Å². The minimum atomic E-state index is -0.495. The SMILES string of the molecule is CC(=O)NCCCc1ccc(C(=O)COC(=O)c2ccccc2CSC2=NCCS2)cc1. The molecular formula is C24H26N2O4S2. The van der Waals surface area contributed by atoms with Crippen molar-refractivity contribution in [3.05, 3.63) is 70.8 Å². The second-order valence-electron chi connectivity index (χ2n) is 7.22. The molecule has 1 aliphatic heterocycles. The maximum Gasteiger partial charge on any atom is 0.338 e. The van der Waals surface area contributed by atoms with Crippen LogP contribution in [0.3, 0.4) is 0 Å². The highest BCUT2D eigenvalue weighted by molar-refractivity contribution is 8.38. The van der Waals surface area contributed by atoms with Crippen molar-refractivity contribution in [2.24, 2.45) is 4.99 Å². The first kappa shape index (κ1) is 24.1. The summed E-state index contributed by atoms with van der Waals surface area (Å²) in [7, 11) is 0. The summed E-state index contributed by atoms with van der Waals surface area (Å²) in [6.07, 6.45) is 1.64. The van der Waals surface area contributed by atoms with E-state index in [-0.39, 0.29) is 18.3 Å². The molecule has 0 radical (unpaired) electrons. The summed E-state index contributed by atoms with van der Waals surface area (Å²) >= 11 is 3.35. The Kier molecular flexibility index (Phi) is 9.37. The van der Waals surface area contributed by atoms with Crippen molar-refractivity contribution in [2.75, 3.05) is 25.4 Å². The maximum atomic E-state index is 12.6. The predicted octanol–water partition coefficient (Wildman–Crippen LogP) is 4.13. The fourth-order valence-electron chi connectivity index (χ4n) is 3.09. The van der Waals surface area contributed by atoms with Gasteiger partial charge in [0, 0.05) is 30.5 Å². The van der Waals surface area contributed by atoms with Crippen LogP contribution >= 0.6 is 23.5 Å². The van der Waals surface area contributed by atoms with Gasteiger partial charge in [-0.3, -0.25) is 14.6 Å². The molecule has 0 aliphatic carbocycles. The number of nitrogens with one attached hydrogen (secondary N) is 1. The number of Topliss-reactive ketones (excluding diaryl/α,β-unsaturated/α-hetero) is 1. The number of aryl methyl sites for hydroxylation is 1. The number of benzene rings is 2. The van der Waals surface area contributed by atoms with Gasteiger partial charge in [0.05, 0.1) is 12.1 Å². The van der Waals surface area contributed by atoms with E-state index in [4.69, 9.17) is 4.74 Å². The third-order valence-corrected chi connectivity index (χ3v) is 7.07. The first-order valence-electron chi connectivity index (χ1n) is 10.4. The smallest absolute Gasteiger partial charge is 0.338 e. The molecule has 0 aromatic heterocycles. The maximum absolute atomic E-state index is 12.6. The van der Waals surface area contributed by atoms with Crippen LogP contribution < -0.4 is 5.32 Å². The minimum absolute atomic E-state index is 0.0379. The third-order valence-electron chi connectivity index (χ3n) is 4.77. The number of aliphatic imine (C=N–C) groups is 1. The van der Waals surface area contributed by atoms with Crippen LogP contribution in [-0.2, 0) is 21.7 Å². The molecule has 8 heteroatoms. The highest BCUT2D eigenvalue weighted by Crippen LogP contribution is 2.26. The summed E-state index contributed by atoms with van der Waals surface area (Å²) in [5, 5.41) is 2.76. The number of hydrogen-bond donors (Lipinski definition) is 1. The fourth-order valence-corrected chi connectivity index (χ4v) is 5.11. The third kappa shape index (κ3) is 7.53. The van der Waals surface area contributed by atoms with E-state index in [2.05, 4.69) is 10.3 Å². The zero-order valence-corrected chi connectivity index (χ0v) is 19.6. The van der Waals surface area contributed by atoms with E-state index in [0.29, 0.717) is 23.4 Å². The van der Waals surface area contributed by atoms with Crippen LogP contribution in [0.1, 0.15) is 45.2 Å². The summed E-state index contributed by atoms with van der Waals surface area (Å²) in [4.78, 5) is 40.4. The van der Waals surface area contributed by atoms with E-state index in [1.54, 1.807) is 47.8 Å². The van der Waals surface area contributed by atoms with Gasteiger partial charge in [0.1, 0.15) is 4.38 Å². The first-order valence-corrected chi connectivity index (χ1v) is 12.4. The van der Waals surface area contributed by atoms with Crippen LogP contribution in [0.5, 0.6) is 0 Å². The number of ether oxygens (including phenoxy) is 1. The molecule has 3 rings (SSSR count). The van der Waals surface area contributed by atoms with Gasteiger partial charge in [0.25, 0.3) is 0 Å². The van der Waals surface area contributed by atoms with Gasteiger partial charge >= 0.3 is 5.97 Å². The average molecular weight is 471 g/mol. The Morgan fingerprint density at radius 1 is 1.12 bits per heavy atom. The van der Waals surface area contributed by atoms with Gasteiger partial charge in [-0.25, -0.2) is 4.79 Å². The molecule has 0 unspecified atom stereocenters. The van der Waals surface area contributed by atoms with Crippen LogP contribution in [0.15, 0.2) is 53.5 Å². The molecule has 1 N–H and O–H groups in total. The molecule has 2 aromatic rings. The van der Waals surface area contributed by atoms with Crippen molar-refractivity contribution < 1.29 is 19.1 Å². The Labute approximate surface area is 196 Å². The molecule has 1 amide bonds. The summed E-state index contributed by atoms with van der Waals surface area (Å²) < 4.78 is 6.36. The second kappa shape index (κ2) is 12.5. The average Bonchev–Trinajstić information content (AvgIpc) is 3.33.